The van der Waals surface area contributed by atoms with Gasteiger partial charge in [0.05, 0.1) is 5.41 Å². The Morgan fingerprint density at radius 3 is 2.71 bits per heavy atom. The van der Waals surface area contributed by atoms with E-state index >= 15 is 0 Å². The van der Waals surface area contributed by atoms with E-state index in [1.807, 2.05) is 0 Å². The summed E-state index contributed by atoms with van der Waals surface area (Å²) in [6.45, 7) is 4.26. The van der Waals surface area contributed by atoms with Gasteiger partial charge in [-0.25, -0.2) is 0 Å². The van der Waals surface area contributed by atoms with Crippen molar-refractivity contribution in [3.63, 3.8) is 0 Å². The molecule has 2 heteroatoms. The second kappa shape index (κ2) is 4.81. The first-order valence-corrected chi connectivity index (χ1v) is 5.88. The van der Waals surface area contributed by atoms with Gasteiger partial charge in [0.2, 0.25) is 0 Å². The summed E-state index contributed by atoms with van der Waals surface area (Å²) in [5.74, 6) is 0.0869. The predicted octanol–water partition coefficient (Wildman–Crippen LogP) is 3.46. The summed E-state index contributed by atoms with van der Waals surface area (Å²) in [6, 6.07) is 0. The lowest BCUT2D eigenvalue weighted by atomic mass is 9.67. The molecule has 0 aromatic carbocycles. The molecule has 0 amide bonds. The van der Waals surface area contributed by atoms with Crippen LogP contribution in [0.5, 0.6) is 0 Å². The summed E-state index contributed by atoms with van der Waals surface area (Å²) in [5, 5.41) is 9.33. The smallest absolute Gasteiger partial charge is 0.309 e. The van der Waals surface area contributed by atoms with Crippen LogP contribution in [0.4, 0.5) is 0 Å². The lowest BCUT2D eigenvalue weighted by molar-refractivity contribution is -0.152. The van der Waals surface area contributed by atoms with Gasteiger partial charge in [0.15, 0.2) is 0 Å². The van der Waals surface area contributed by atoms with Gasteiger partial charge in [0, 0.05) is 0 Å². The van der Waals surface area contributed by atoms with Crippen LogP contribution in [0.25, 0.3) is 0 Å². The standard InChI is InChI=1S/C12H22O2/c1-3-7-12(11(13)14)8-5-6-10(4-2)9-12/h10H,3-9H2,1-2H3,(H,13,14). The average molecular weight is 198 g/mol. The fourth-order valence-electron chi connectivity index (χ4n) is 2.84. The summed E-state index contributed by atoms with van der Waals surface area (Å²) in [5.41, 5.74) is -0.381. The molecule has 0 aromatic heterocycles. The third kappa shape index (κ3) is 2.28. The SMILES string of the molecule is CCCC1(C(=O)O)CCCC(CC)C1. The summed E-state index contributed by atoms with van der Waals surface area (Å²) in [7, 11) is 0. The molecule has 2 nitrogen and oxygen atoms in total. The first-order chi connectivity index (χ1) is 6.64. The molecular formula is C12H22O2. The summed E-state index contributed by atoms with van der Waals surface area (Å²) >= 11 is 0. The summed E-state index contributed by atoms with van der Waals surface area (Å²) < 4.78 is 0. The Labute approximate surface area is 86.7 Å². The van der Waals surface area contributed by atoms with E-state index in [1.165, 1.54) is 6.42 Å². The highest BCUT2D eigenvalue weighted by Crippen LogP contribution is 2.44. The molecule has 0 aromatic rings. The molecule has 0 radical (unpaired) electrons. The molecule has 0 heterocycles. The van der Waals surface area contributed by atoms with Crippen molar-refractivity contribution in [2.45, 2.75) is 58.8 Å². The van der Waals surface area contributed by atoms with Crippen LogP contribution >= 0.6 is 0 Å². The molecule has 1 aliphatic rings. The number of hydrogen-bond acceptors (Lipinski definition) is 1. The number of aliphatic carboxylic acids is 1. The van der Waals surface area contributed by atoms with Crippen molar-refractivity contribution in [1.29, 1.82) is 0 Å². The fraction of sp³-hybridized carbons (Fsp3) is 0.917. The fourth-order valence-corrected chi connectivity index (χ4v) is 2.84. The number of carbonyl (C=O) groups is 1. The van der Waals surface area contributed by atoms with Gasteiger partial charge in [-0.05, 0) is 25.2 Å². The van der Waals surface area contributed by atoms with E-state index in [9.17, 15) is 9.90 Å². The van der Waals surface area contributed by atoms with E-state index in [0.29, 0.717) is 5.92 Å². The van der Waals surface area contributed by atoms with E-state index < -0.39 is 5.97 Å². The Hall–Kier alpha value is -0.530. The molecular weight excluding hydrogens is 176 g/mol. The Bertz CT molecular complexity index is 196. The van der Waals surface area contributed by atoms with Crippen LogP contribution in [0.1, 0.15) is 58.8 Å². The van der Waals surface area contributed by atoms with E-state index in [-0.39, 0.29) is 5.41 Å². The van der Waals surface area contributed by atoms with Gasteiger partial charge in [0.1, 0.15) is 0 Å². The number of hydrogen-bond donors (Lipinski definition) is 1. The van der Waals surface area contributed by atoms with Crippen LogP contribution in [0.2, 0.25) is 0 Å². The third-order valence-corrected chi connectivity index (χ3v) is 3.71. The maximum Gasteiger partial charge on any atom is 0.309 e. The van der Waals surface area contributed by atoms with Crippen LogP contribution in [-0.4, -0.2) is 11.1 Å². The molecule has 1 aliphatic carbocycles. The Morgan fingerprint density at radius 2 is 2.21 bits per heavy atom. The normalized spacial score (nSPS) is 32.9. The Balaban J connectivity index is 2.70. The molecule has 14 heavy (non-hydrogen) atoms. The Kier molecular flexibility index (Phi) is 3.97. The van der Waals surface area contributed by atoms with Crippen molar-refractivity contribution in [2.24, 2.45) is 11.3 Å². The topological polar surface area (TPSA) is 37.3 Å². The van der Waals surface area contributed by atoms with Gasteiger partial charge in [-0.15, -0.1) is 0 Å². The first kappa shape index (κ1) is 11.5. The van der Waals surface area contributed by atoms with Crippen LogP contribution in [0.3, 0.4) is 0 Å². The highest BCUT2D eigenvalue weighted by Gasteiger charge is 2.41. The van der Waals surface area contributed by atoms with Crippen molar-refractivity contribution in [1.82, 2.24) is 0 Å². The van der Waals surface area contributed by atoms with Crippen LogP contribution < -0.4 is 0 Å². The summed E-state index contributed by atoms with van der Waals surface area (Å²) in [6.07, 6.45) is 7.12. The zero-order valence-electron chi connectivity index (χ0n) is 9.38. The summed E-state index contributed by atoms with van der Waals surface area (Å²) in [4.78, 5) is 11.3. The van der Waals surface area contributed by atoms with Crippen LogP contribution in [0, 0.1) is 11.3 Å². The zero-order chi connectivity index (χ0) is 10.6. The largest absolute Gasteiger partial charge is 0.481 e. The highest BCUT2D eigenvalue weighted by atomic mass is 16.4. The molecule has 2 atom stereocenters. The highest BCUT2D eigenvalue weighted by molar-refractivity contribution is 5.74. The minimum atomic E-state index is -0.558. The van der Waals surface area contributed by atoms with Crippen molar-refractivity contribution in [3.8, 4) is 0 Å². The van der Waals surface area contributed by atoms with Gasteiger partial charge in [-0.2, -0.15) is 0 Å². The molecule has 82 valence electrons. The predicted molar refractivity (Wildman–Crippen MR) is 57.2 cm³/mol. The van der Waals surface area contributed by atoms with Crippen molar-refractivity contribution < 1.29 is 9.90 Å². The minimum absolute atomic E-state index is 0.381. The zero-order valence-corrected chi connectivity index (χ0v) is 9.38. The van der Waals surface area contributed by atoms with Gasteiger partial charge in [-0.3, -0.25) is 4.79 Å². The second-order valence-electron chi connectivity index (χ2n) is 4.71. The van der Waals surface area contributed by atoms with Gasteiger partial charge >= 0.3 is 5.97 Å². The number of carboxylic acids is 1. The molecule has 2 unspecified atom stereocenters. The van der Waals surface area contributed by atoms with E-state index in [1.54, 1.807) is 0 Å². The van der Waals surface area contributed by atoms with Gasteiger partial charge in [0.25, 0.3) is 0 Å². The first-order valence-electron chi connectivity index (χ1n) is 5.88. The third-order valence-electron chi connectivity index (χ3n) is 3.71. The van der Waals surface area contributed by atoms with Crippen molar-refractivity contribution in [3.05, 3.63) is 0 Å². The maximum atomic E-state index is 11.3. The maximum absolute atomic E-state index is 11.3. The van der Waals surface area contributed by atoms with E-state index in [2.05, 4.69) is 13.8 Å². The molecule has 1 rings (SSSR count). The molecule has 0 spiro atoms. The van der Waals surface area contributed by atoms with Gasteiger partial charge < -0.3 is 5.11 Å². The van der Waals surface area contributed by atoms with Gasteiger partial charge in [-0.1, -0.05) is 39.5 Å². The number of carboxylic acid groups (broad SMARTS) is 1. The quantitative estimate of drug-likeness (QED) is 0.751. The van der Waals surface area contributed by atoms with Crippen molar-refractivity contribution in [2.75, 3.05) is 0 Å². The van der Waals surface area contributed by atoms with Crippen LogP contribution in [0.15, 0.2) is 0 Å². The molecule has 1 fully saturated rings. The lowest BCUT2D eigenvalue weighted by Crippen LogP contribution is -2.36. The molecule has 0 aliphatic heterocycles. The van der Waals surface area contributed by atoms with Crippen LogP contribution in [-0.2, 0) is 4.79 Å². The average Bonchev–Trinajstić information content (AvgIpc) is 2.18. The van der Waals surface area contributed by atoms with E-state index in [0.717, 1.165) is 38.5 Å². The second-order valence-corrected chi connectivity index (χ2v) is 4.71. The molecule has 1 saturated carbocycles. The molecule has 1 N–H and O–H groups in total. The molecule has 0 saturated heterocycles. The number of rotatable bonds is 4. The van der Waals surface area contributed by atoms with E-state index in [4.69, 9.17) is 0 Å². The Morgan fingerprint density at radius 1 is 1.50 bits per heavy atom. The molecule has 0 bridgehead atoms. The monoisotopic (exact) mass is 198 g/mol. The van der Waals surface area contributed by atoms with Crippen molar-refractivity contribution >= 4 is 5.97 Å². The lowest BCUT2D eigenvalue weighted by Gasteiger charge is -2.37. The minimum Gasteiger partial charge on any atom is -0.481 e.